The summed E-state index contributed by atoms with van der Waals surface area (Å²) < 4.78 is 49.8. The second-order valence-electron chi connectivity index (χ2n) is 7.90. The molecule has 10 heteroatoms. The molecule has 0 saturated heterocycles. The number of anilines is 3. The number of pyridine rings is 2. The van der Waals surface area contributed by atoms with Crippen molar-refractivity contribution in [2.75, 3.05) is 17.2 Å². The molecular weight excluding hydrogens is 433 g/mol. The molecule has 2 aliphatic rings. The van der Waals surface area contributed by atoms with Crippen LogP contribution in [-0.2, 0) is 7.05 Å². The highest BCUT2D eigenvalue weighted by atomic mass is 35.5. The number of halogens is 4. The number of benzene rings is 1. The number of nitrogens with one attached hydrogen (secondary N) is 2. The van der Waals surface area contributed by atoms with E-state index in [2.05, 4.69) is 15.6 Å². The summed E-state index contributed by atoms with van der Waals surface area (Å²) in [6, 6.07) is 5.45. The number of ether oxygens (including phenoxy) is 1. The van der Waals surface area contributed by atoms with Gasteiger partial charge in [-0.25, -0.2) is 13.8 Å². The van der Waals surface area contributed by atoms with Crippen LogP contribution in [0.1, 0.15) is 12.8 Å². The average Bonchev–Trinajstić information content (AvgIpc) is 3.57. The van der Waals surface area contributed by atoms with Crippen molar-refractivity contribution in [3.05, 3.63) is 51.8 Å². The first kappa shape index (κ1) is 20.0. The lowest BCUT2D eigenvalue weighted by molar-refractivity contribution is -0.0579. The fourth-order valence-corrected chi connectivity index (χ4v) is 4.12. The highest BCUT2D eigenvalue weighted by Crippen LogP contribution is 2.45. The molecule has 3 heterocycles. The van der Waals surface area contributed by atoms with E-state index in [-0.39, 0.29) is 22.4 Å². The third kappa shape index (κ3) is 3.37. The van der Waals surface area contributed by atoms with Crippen LogP contribution in [0.4, 0.5) is 30.2 Å². The van der Waals surface area contributed by atoms with Gasteiger partial charge in [-0.15, -0.1) is 0 Å². The molecule has 1 saturated carbocycles. The molecule has 1 aliphatic carbocycles. The van der Waals surface area contributed by atoms with Crippen molar-refractivity contribution >= 4 is 39.6 Å². The second kappa shape index (κ2) is 7.05. The van der Waals surface area contributed by atoms with Gasteiger partial charge in [0.25, 0.3) is 5.56 Å². The van der Waals surface area contributed by atoms with Crippen molar-refractivity contribution in [2.24, 2.45) is 13.0 Å². The predicted octanol–water partition coefficient (Wildman–Crippen LogP) is 4.69. The van der Waals surface area contributed by atoms with Gasteiger partial charge in [0, 0.05) is 24.3 Å². The summed E-state index contributed by atoms with van der Waals surface area (Å²) >= 11 is 5.98. The van der Waals surface area contributed by atoms with Gasteiger partial charge < -0.3 is 19.9 Å². The summed E-state index contributed by atoms with van der Waals surface area (Å²) in [7, 11) is 1.55. The van der Waals surface area contributed by atoms with Crippen molar-refractivity contribution < 1.29 is 17.9 Å². The lowest BCUT2D eigenvalue weighted by atomic mass is 10.0. The van der Waals surface area contributed by atoms with Gasteiger partial charge in [-0.05, 0) is 43.0 Å². The monoisotopic (exact) mass is 450 g/mol. The maximum absolute atomic E-state index is 14.7. The zero-order valence-electron chi connectivity index (χ0n) is 16.4. The lowest BCUT2D eigenvalue weighted by Crippen LogP contribution is -2.44. The van der Waals surface area contributed by atoms with E-state index in [9.17, 15) is 18.0 Å². The number of fused-ring (bicyclic) bond motifs is 3. The SMILES string of the molecule is Cn1c(=O)c2c(c3cc(Nc4ccnc(F)c4Cl)ccc31)N[C@@H](C1CC1)C(F)(F)CO2. The number of nitrogens with zero attached hydrogens (tertiary/aromatic N) is 2. The van der Waals surface area contributed by atoms with E-state index in [1.165, 1.54) is 16.8 Å². The highest BCUT2D eigenvalue weighted by molar-refractivity contribution is 6.33. The maximum Gasteiger partial charge on any atom is 0.301 e. The summed E-state index contributed by atoms with van der Waals surface area (Å²) in [5, 5.41) is 6.28. The van der Waals surface area contributed by atoms with Crippen molar-refractivity contribution in [2.45, 2.75) is 24.8 Å². The molecule has 1 fully saturated rings. The summed E-state index contributed by atoms with van der Waals surface area (Å²) in [5.41, 5.74) is 1.11. The molecule has 0 bridgehead atoms. The molecule has 162 valence electrons. The Morgan fingerprint density at radius 2 is 2.10 bits per heavy atom. The van der Waals surface area contributed by atoms with E-state index < -0.39 is 30.1 Å². The van der Waals surface area contributed by atoms with Crippen LogP contribution in [0.3, 0.4) is 0 Å². The van der Waals surface area contributed by atoms with E-state index in [1.54, 1.807) is 25.2 Å². The number of alkyl halides is 2. The van der Waals surface area contributed by atoms with E-state index in [0.29, 0.717) is 35.1 Å². The van der Waals surface area contributed by atoms with Crippen LogP contribution in [0.5, 0.6) is 5.75 Å². The van der Waals surface area contributed by atoms with E-state index in [0.717, 1.165) is 0 Å². The minimum absolute atomic E-state index is 0.136. The lowest BCUT2D eigenvalue weighted by Gasteiger charge is -2.25. The van der Waals surface area contributed by atoms with Gasteiger partial charge in [0.15, 0.2) is 6.61 Å². The normalized spacial score (nSPS) is 19.8. The molecule has 1 aromatic carbocycles. The smallest absolute Gasteiger partial charge is 0.301 e. The van der Waals surface area contributed by atoms with Gasteiger partial charge >= 0.3 is 5.92 Å². The highest BCUT2D eigenvalue weighted by Gasteiger charge is 2.51. The molecule has 0 spiro atoms. The molecule has 31 heavy (non-hydrogen) atoms. The van der Waals surface area contributed by atoms with Gasteiger partial charge in [0.2, 0.25) is 11.7 Å². The second-order valence-corrected chi connectivity index (χ2v) is 8.28. The molecule has 2 aromatic heterocycles. The van der Waals surface area contributed by atoms with Crippen molar-refractivity contribution in [3.63, 3.8) is 0 Å². The molecule has 3 aromatic rings. The number of hydrogen-bond donors (Lipinski definition) is 2. The molecule has 0 radical (unpaired) electrons. The molecular formula is C21H18ClF3N4O2. The Morgan fingerprint density at radius 1 is 1.32 bits per heavy atom. The minimum atomic E-state index is -3.12. The Hall–Kier alpha value is -2.94. The van der Waals surface area contributed by atoms with Crippen LogP contribution in [0, 0.1) is 11.9 Å². The van der Waals surface area contributed by atoms with Crippen LogP contribution in [0.15, 0.2) is 35.3 Å². The molecule has 1 atom stereocenters. The Labute approximate surface area is 180 Å². The van der Waals surface area contributed by atoms with Gasteiger partial charge in [-0.2, -0.15) is 4.39 Å². The van der Waals surface area contributed by atoms with Crippen molar-refractivity contribution in [1.29, 1.82) is 0 Å². The third-order valence-corrected chi connectivity index (χ3v) is 6.10. The zero-order chi connectivity index (χ0) is 21.9. The fraction of sp³-hybridized carbons (Fsp3) is 0.333. The minimum Gasteiger partial charge on any atom is -0.480 e. The van der Waals surface area contributed by atoms with Crippen LogP contribution < -0.4 is 20.9 Å². The van der Waals surface area contributed by atoms with Crippen LogP contribution >= 0.6 is 11.6 Å². The predicted molar refractivity (Wildman–Crippen MR) is 112 cm³/mol. The Morgan fingerprint density at radius 3 is 2.84 bits per heavy atom. The number of rotatable bonds is 3. The van der Waals surface area contributed by atoms with Crippen molar-refractivity contribution in [3.8, 4) is 5.75 Å². The fourth-order valence-electron chi connectivity index (χ4n) is 3.96. The largest absolute Gasteiger partial charge is 0.480 e. The first-order valence-corrected chi connectivity index (χ1v) is 10.1. The molecule has 0 amide bonds. The standard InChI is InChI=1S/C21H18ClF3N4O2/c1-29-14-5-4-11(27-13-6-7-26-19(23)15(13)22)8-12(14)16-17(20(29)30)31-9-21(24,25)18(28-16)10-2-3-10/h4-8,10,18,28H,2-3,9H2,1H3,(H,26,27)/t18-/m0/s1. The third-order valence-electron chi connectivity index (χ3n) is 5.74. The first-order valence-electron chi connectivity index (χ1n) is 9.77. The topological polar surface area (TPSA) is 68.2 Å². The van der Waals surface area contributed by atoms with Crippen LogP contribution in [0.25, 0.3) is 10.9 Å². The van der Waals surface area contributed by atoms with E-state index in [4.69, 9.17) is 16.3 Å². The van der Waals surface area contributed by atoms with Gasteiger partial charge in [0.1, 0.15) is 5.02 Å². The molecule has 5 rings (SSSR count). The maximum atomic E-state index is 14.7. The Balaban J connectivity index is 1.65. The Bertz CT molecular complexity index is 1260. The van der Waals surface area contributed by atoms with Gasteiger partial charge in [-0.3, -0.25) is 4.79 Å². The summed E-state index contributed by atoms with van der Waals surface area (Å²) in [5.74, 6) is -4.24. The summed E-state index contributed by atoms with van der Waals surface area (Å²) in [6.45, 7) is -0.862. The first-order chi connectivity index (χ1) is 14.8. The molecule has 1 aliphatic heterocycles. The van der Waals surface area contributed by atoms with Gasteiger partial charge in [0.05, 0.1) is 22.9 Å². The van der Waals surface area contributed by atoms with E-state index in [1.807, 2.05) is 0 Å². The van der Waals surface area contributed by atoms with Crippen LogP contribution in [-0.4, -0.2) is 28.1 Å². The van der Waals surface area contributed by atoms with E-state index >= 15 is 0 Å². The summed E-state index contributed by atoms with van der Waals surface area (Å²) in [6.07, 6.45) is 2.67. The molecule has 2 N–H and O–H groups in total. The van der Waals surface area contributed by atoms with Crippen LogP contribution in [0.2, 0.25) is 5.02 Å². The van der Waals surface area contributed by atoms with Crippen molar-refractivity contribution in [1.82, 2.24) is 9.55 Å². The average molecular weight is 451 g/mol. The number of aryl methyl sites for hydroxylation is 1. The Kier molecular flexibility index (Phi) is 4.55. The zero-order valence-corrected chi connectivity index (χ0v) is 17.1. The number of hydrogen-bond acceptors (Lipinski definition) is 5. The summed E-state index contributed by atoms with van der Waals surface area (Å²) in [4.78, 5) is 16.3. The quantitative estimate of drug-likeness (QED) is 0.567. The number of aromatic nitrogens is 2. The van der Waals surface area contributed by atoms with Gasteiger partial charge in [-0.1, -0.05) is 11.6 Å². The molecule has 6 nitrogen and oxygen atoms in total. The molecule has 0 unspecified atom stereocenters.